The molecule has 1 heterocycles. The monoisotopic (exact) mass is 439 g/mol. The van der Waals surface area contributed by atoms with E-state index in [4.69, 9.17) is 15.2 Å². The molecule has 1 aliphatic heterocycles. The molecule has 1 unspecified atom stereocenters. The van der Waals surface area contributed by atoms with Crippen LogP contribution in [0.3, 0.4) is 0 Å². The van der Waals surface area contributed by atoms with Gasteiger partial charge in [0, 0.05) is 5.69 Å². The molecule has 33 heavy (non-hydrogen) atoms. The van der Waals surface area contributed by atoms with E-state index in [1.807, 2.05) is 18.2 Å². The second kappa shape index (κ2) is 9.38. The number of anilines is 1. The number of esters is 2. The topological polar surface area (TPSA) is 153 Å². The molecule has 9 heteroatoms. The van der Waals surface area contributed by atoms with Gasteiger partial charge in [0.15, 0.2) is 0 Å². The van der Waals surface area contributed by atoms with Gasteiger partial charge in [-0.05, 0) is 23.8 Å². The molecule has 0 fully saturated rings. The Morgan fingerprint density at radius 1 is 0.909 bits per heavy atom. The van der Waals surface area contributed by atoms with Gasteiger partial charge in [-0.15, -0.1) is 0 Å². The number of allylic oxidation sites excluding steroid dienone is 1. The number of carbonyl (C=O) groups is 2. The number of hydrogen-bond acceptors (Lipinski definition) is 9. The molecule has 162 valence electrons. The number of ether oxygens (including phenoxy) is 2. The van der Waals surface area contributed by atoms with Gasteiger partial charge in [-0.2, -0.15) is 15.8 Å². The Kier molecular flexibility index (Phi) is 6.43. The maximum absolute atomic E-state index is 13.0. The molecule has 0 aromatic heterocycles. The zero-order valence-corrected chi connectivity index (χ0v) is 17.7. The van der Waals surface area contributed by atoms with Crippen molar-refractivity contribution >= 4 is 17.6 Å². The molecular weight excluding hydrogens is 422 g/mol. The fourth-order valence-corrected chi connectivity index (χ4v) is 3.64. The lowest BCUT2D eigenvalue weighted by atomic mass is 9.81. The summed E-state index contributed by atoms with van der Waals surface area (Å²) in [6, 6.07) is 18.6. The number of carbonyl (C=O) groups excluding carboxylic acids is 2. The van der Waals surface area contributed by atoms with Crippen molar-refractivity contribution in [1.82, 2.24) is 0 Å². The summed E-state index contributed by atoms with van der Waals surface area (Å²) in [6.07, 6.45) is 0. The van der Waals surface area contributed by atoms with Crippen LogP contribution in [0.25, 0.3) is 0 Å². The van der Waals surface area contributed by atoms with Crippen LogP contribution >= 0.6 is 0 Å². The number of nitriles is 3. The van der Waals surface area contributed by atoms with E-state index < -0.39 is 17.9 Å². The van der Waals surface area contributed by atoms with E-state index in [2.05, 4.69) is 0 Å². The molecular formula is C24H17N5O4. The van der Waals surface area contributed by atoms with Crippen molar-refractivity contribution in [3.05, 3.63) is 87.9 Å². The van der Waals surface area contributed by atoms with Gasteiger partial charge < -0.3 is 15.2 Å². The van der Waals surface area contributed by atoms with E-state index in [1.165, 1.54) is 18.2 Å². The van der Waals surface area contributed by atoms with Crippen LogP contribution in [0.4, 0.5) is 5.69 Å². The molecule has 0 spiro atoms. The Bertz CT molecular complexity index is 1320. The molecule has 2 N–H and O–H groups in total. The molecule has 0 saturated carbocycles. The number of rotatable bonds is 4. The molecule has 9 nitrogen and oxygen atoms in total. The summed E-state index contributed by atoms with van der Waals surface area (Å²) < 4.78 is 9.91. The van der Waals surface area contributed by atoms with Crippen LogP contribution in [0.5, 0.6) is 0 Å². The van der Waals surface area contributed by atoms with Crippen molar-refractivity contribution in [2.45, 2.75) is 5.92 Å². The van der Waals surface area contributed by atoms with Gasteiger partial charge in [0.1, 0.15) is 23.7 Å². The Morgan fingerprint density at radius 2 is 1.55 bits per heavy atom. The van der Waals surface area contributed by atoms with E-state index in [9.17, 15) is 25.4 Å². The van der Waals surface area contributed by atoms with Gasteiger partial charge >= 0.3 is 11.9 Å². The van der Waals surface area contributed by atoms with Crippen LogP contribution in [-0.4, -0.2) is 26.2 Å². The Labute approximate surface area is 189 Å². The van der Waals surface area contributed by atoms with Gasteiger partial charge in [0.25, 0.3) is 0 Å². The van der Waals surface area contributed by atoms with E-state index in [0.717, 1.165) is 19.1 Å². The summed E-state index contributed by atoms with van der Waals surface area (Å²) in [5.41, 5.74) is 6.83. The maximum Gasteiger partial charge on any atom is 0.355 e. The first-order chi connectivity index (χ1) is 15.9. The number of nitrogens with two attached hydrogens (primary N) is 1. The first kappa shape index (κ1) is 22.6. The van der Waals surface area contributed by atoms with Crippen molar-refractivity contribution < 1.29 is 19.1 Å². The largest absolute Gasteiger partial charge is 0.466 e. The van der Waals surface area contributed by atoms with E-state index in [1.54, 1.807) is 30.3 Å². The summed E-state index contributed by atoms with van der Waals surface area (Å²) in [4.78, 5) is 27.1. The first-order valence-electron chi connectivity index (χ1n) is 9.53. The second-order valence-electron chi connectivity index (χ2n) is 6.79. The lowest BCUT2D eigenvalue weighted by Crippen LogP contribution is -2.40. The van der Waals surface area contributed by atoms with Gasteiger partial charge in [-0.1, -0.05) is 30.3 Å². The average Bonchev–Trinajstić information content (AvgIpc) is 2.86. The molecule has 0 aliphatic carbocycles. The van der Waals surface area contributed by atoms with Crippen LogP contribution in [0.1, 0.15) is 22.6 Å². The van der Waals surface area contributed by atoms with Gasteiger partial charge in [-0.25, -0.2) is 9.59 Å². The highest BCUT2D eigenvalue weighted by Gasteiger charge is 2.43. The Balaban J connectivity index is 2.43. The van der Waals surface area contributed by atoms with Crippen LogP contribution in [0, 0.1) is 34.0 Å². The van der Waals surface area contributed by atoms with E-state index in [0.29, 0.717) is 5.56 Å². The molecule has 1 aliphatic rings. The predicted molar refractivity (Wildman–Crippen MR) is 115 cm³/mol. The highest BCUT2D eigenvalue weighted by Crippen LogP contribution is 2.43. The molecule has 2 aromatic carbocycles. The molecule has 0 saturated heterocycles. The molecule has 3 rings (SSSR count). The van der Waals surface area contributed by atoms with E-state index >= 15 is 0 Å². The van der Waals surface area contributed by atoms with Crippen molar-refractivity contribution in [2.24, 2.45) is 5.73 Å². The third-order valence-electron chi connectivity index (χ3n) is 5.11. The number of methoxy groups -OCH3 is 2. The van der Waals surface area contributed by atoms with Crippen LogP contribution in [-0.2, 0) is 19.1 Å². The minimum absolute atomic E-state index is 0.00267. The molecule has 2 aromatic rings. The zero-order chi connectivity index (χ0) is 24.1. The van der Waals surface area contributed by atoms with Crippen molar-refractivity contribution in [3.63, 3.8) is 0 Å². The highest BCUT2D eigenvalue weighted by molar-refractivity contribution is 6.06. The Hall–Kier alpha value is -5.07. The van der Waals surface area contributed by atoms with Crippen molar-refractivity contribution in [1.29, 1.82) is 15.8 Å². The zero-order valence-electron chi connectivity index (χ0n) is 17.7. The van der Waals surface area contributed by atoms with Gasteiger partial charge in [0.05, 0.1) is 48.5 Å². The Morgan fingerprint density at radius 3 is 2.09 bits per heavy atom. The van der Waals surface area contributed by atoms with Crippen LogP contribution in [0.2, 0.25) is 0 Å². The third kappa shape index (κ3) is 3.85. The molecule has 1 atom stereocenters. The lowest BCUT2D eigenvalue weighted by Gasteiger charge is -2.36. The normalized spacial score (nSPS) is 15.2. The highest BCUT2D eigenvalue weighted by atomic mass is 16.5. The summed E-state index contributed by atoms with van der Waals surface area (Å²) in [5.74, 6) is -2.89. The lowest BCUT2D eigenvalue weighted by molar-refractivity contribution is -0.139. The van der Waals surface area contributed by atoms with Crippen molar-refractivity contribution in [2.75, 3.05) is 19.1 Å². The molecule has 0 bridgehead atoms. The van der Waals surface area contributed by atoms with Gasteiger partial charge in [0.2, 0.25) is 0 Å². The van der Waals surface area contributed by atoms with Gasteiger partial charge in [-0.3, -0.25) is 4.90 Å². The summed E-state index contributed by atoms with van der Waals surface area (Å²) in [6.45, 7) is 0. The fourth-order valence-electron chi connectivity index (χ4n) is 3.64. The predicted octanol–water partition coefficient (Wildman–Crippen LogP) is 2.33. The smallest absolute Gasteiger partial charge is 0.355 e. The number of benzene rings is 2. The standard InChI is InChI=1S/C24H17N5O4/c1-32-23(30)20-19(14-6-4-3-5-7-14)18(13-27)22(28)29(21(20)24(31)33-2)17-9-8-15(11-25)16(10-17)12-26/h3-10,19H,28H2,1-2H3. The fraction of sp³-hybridized carbons (Fsp3) is 0.125. The van der Waals surface area contributed by atoms with Crippen molar-refractivity contribution in [3.8, 4) is 18.2 Å². The molecule has 0 amide bonds. The first-order valence-corrected chi connectivity index (χ1v) is 9.53. The maximum atomic E-state index is 13.0. The average molecular weight is 439 g/mol. The number of hydrogen-bond donors (Lipinski definition) is 1. The summed E-state index contributed by atoms with van der Waals surface area (Å²) in [5, 5.41) is 28.7. The third-order valence-corrected chi connectivity index (χ3v) is 5.11. The minimum Gasteiger partial charge on any atom is -0.466 e. The second-order valence-corrected chi connectivity index (χ2v) is 6.79. The molecule has 0 radical (unpaired) electrons. The SMILES string of the molecule is COC(=O)C1=C(C(=O)OC)N(c2ccc(C#N)c(C#N)c2)C(N)=C(C#N)C1c1ccccc1. The summed E-state index contributed by atoms with van der Waals surface area (Å²) in [7, 11) is 2.29. The summed E-state index contributed by atoms with van der Waals surface area (Å²) >= 11 is 0. The number of nitrogens with zero attached hydrogens (tertiary/aromatic N) is 4. The van der Waals surface area contributed by atoms with E-state index in [-0.39, 0.29) is 39.5 Å². The van der Waals surface area contributed by atoms with Crippen LogP contribution in [0.15, 0.2) is 71.2 Å². The minimum atomic E-state index is -0.997. The van der Waals surface area contributed by atoms with Crippen LogP contribution < -0.4 is 10.6 Å². The quantitative estimate of drug-likeness (QED) is 0.707.